The second kappa shape index (κ2) is 7.95. The van der Waals surface area contributed by atoms with Gasteiger partial charge in [0.1, 0.15) is 0 Å². The Balaban J connectivity index is 1.54. The number of carbonyl (C=O) groups excluding carboxylic acids is 1. The molecule has 2 heterocycles. The largest absolute Gasteiger partial charge is 0.339 e. The number of amides is 2. The van der Waals surface area contributed by atoms with E-state index in [4.69, 9.17) is 4.52 Å². The van der Waals surface area contributed by atoms with Gasteiger partial charge in [0, 0.05) is 50.3 Å². The summed E-state index contributed by atoms with van der Waals surface area (Å²) in [6.45, 7) is 4.97. The third kappa shape index (κ3) is 4.17. The summed E-state index contributed by atoms with van der Waals surface area (Å²) in [5.41, 5.74) is 1.09. The van der Waals surface area contributed by atoms with E-state index in [2.05, 4.69) is 20.4 Å². The van der Waals surface area contributed by atoms with Crippen LogP contribution < -0.4 is 5.32 Å². The normalized spacial score (nSPS) is 11.1. The van der Waals surface area contributed by atoms with E-state index in [1.807, 2.05) is 44.3 Å². The van der Waals surface area contributed by atoms with Crippen molar-refractivity contribution in [1.29, 1.82) is 0 Å². The third-order valence-electron chi connectivity index (χ3n) is 4.13. The molecule has 2 aromatic heterocycles. The minimum Gasteiger partial charge on any atom is -0.339 e. The quantitative estimate of drug-likeness (QED) is 0.736. The number of rotatable bonds is 6. The molecule has 0 aliphatic rings. The monoisotopic (exact) mass is 353 g/mol. The lowest BCUT2D eigenvalue weighted by Gasteiger charge is -2.19. The number of fused-ring (bicyclic) bond motifs is 1. The smallest absolute Gasteiger partial charge is 0.317 e. The van der Waals surface area contributed by atoms with Gasteiger partial charge in [-0.15, -0.1) is 0 Å². The van der Waals surface area contributed by atoms with Gasteiger partial charge in [0.05, 0.1) is 0 Å². The number of pyridine rings is 1. The Labute approximate surface area is 152 Å². The summed E-state index contributed by atoms with van der Waals surface area (Å²) in [5, 5.41) is 8.99. The predicted molar refractivity (Wildman–Crippen MR) is 98.7 cm³/mol. The molecule has 3 rings (SSSR count). The van der Waals surface area contributed by atoms with Gasteiger partial charge in [-0.2, -0.15) is 4.98 Å². The first-order valence-corrected chi connectivity index (χ1v) is 8.67. The van der Waals surface area contributed by atoms with Crippen LogP contribution in [0, 0.1) is 0 Å². The highest BCUT2D eigenvalue weighted by molar-refractivity contribution is 5.85. The van der Waals surface area contributed by atoms with Crippen LogP contribution in [0.15, 0.2) is 41.2 Å². The fraction of sp³-hybridized carbons (Fsp3) is 0.368. The van der Waals surface area contributed by atoms with Gasteiger partial charge in [-0.25, -0.2) is 4.79 Å². The van der Waals surface area contributed by atoms with Gasteiger partial charge in [0.15, 0.2) is 5.82 Å². The molecule has 0 aliphatic heterocycles. The van der Waals surface area contributed by atoms with E-state index >= 15 is 0 Å². The van der Waals surface area contributed by atoms with Gasteiger partial charge < -0.3 is 14.7 Å². The lowest BCUT2D eigenvalue weighted by molar-refractivity contribution is 0.207. The number of nitrogens with zero attached hydrogens (tertiary/aromatic N) is 4. The molecule has 0 saturated carbocycles. The second-order valence-electron chi connectivity index (χ2n) is 6.56. The topological polar surface area (TPSA) is 84.2 Å². The lowest BCUT2D eigenvalue weighted by atomic mass is 10.1. The van der Waals surface area contributed by atoms with Crippen LogP contribution in [-0.4, -0.2) is 39.6 Å². The highest BCUT2D eigenvalue weighted by atomic mass is 16.5. The van der Waals surface area contributed by atoms with Gasteiger partial charge in [-0.3, -0.25) is 4.98 Å². The molecule has 2 amide bonds. The van der Waals surface area contributed by atoms with Crippen molar-refractivity contribution in [3.8, 4) is 0 Å². The molecular formula is C19H23N5O2. The van der Waals surface area contributed by atoms with E-state index in [-0.39, 0.29) is 11.9 Å². The lowest BCUT2D eigenvalue weighted by Crippen LogP contribution is -2.37. The zero-order chi connectivity index (χ0) is 18.5. The third-order valence-corrected chi connectivity index (χ3v) is 4.13. The molecule has 7 nitrogen and oxygen atoms in total. The average molecular weight is 353 g/mol. The molecule has 7 heteroatoms. The van der Waals surface area contributed by atoms with Crippen molar-refractivity contribution in [3.05, 3.63) is 53.9 Å². The highest BCUT2D eigenvalue weighted by Gasteiger charge is 2.12. The number of urea groups is 1. The molecule has 0 radical (unpaired) electrons. The average Bonchev–Trinajstić information content (AvgIpc) is 3.11. The first-order chi connectivity index (χ1) is 12.5. The maximum atomic E-state index is 12.3. The van der Waals surface area contributed by atoms with Crippen molar-refractivity contribution in [2.75, 3.05) is 13.6 Å². The summed E-state index contributed by atoms with van der Waals surface area (Å²) in [4.78, 5) is 22.4. The molecule has 3 aromatic rings. The summed E-state index contributed by atoms with van der Waals surface area (Å²) < 4.78 is 5.16. The molecule has 0 unspecified atom stereocenters. The molecule has 1 aromatic carbocycles. The molecular weight excluding hydrogens is 330 g/mol. The fourth-order valence-electron chi connectivity index (χ4n) is 2.67. The van der Waals surface area contributed by atoms with E-state index in [1.165, 1.54) is 0 Å². The molecule has 0 bridgehead atoms. The Morgan fingerprint density at radius 3 is 2.92 bits per heavy atom. The standard InChI is InChI=1S/C19H23N5O2/c1-13(2)18-22-17(23-26-18)8-10-21-19(25)24(3)12-15-6-4-5-14-11-20-9-7-16(14)15/h4-7,9,11,13H,8,10,12H2,1-3H3,(H,21,25). The maximum Gasteiger partial charge on any atom is 0.317 e. The fourth-order valence-corrected chi connectivity index (χ4v) is 2.67. The van der Waals surface area contributed by atoms with Crippen LogP contribution >= 0.6 is 0 Å². The highest BCUT2D eigenvalue weighted by Crippen LogP contribution is 2.18. The Hall–Kier alpha value is -2.96. The van der Waals surface area contributed by atoms with Crippen molar-refractivity contribution in [1.82, 2.24) is 25.3 Å². The number of carbonyl (C=O) groups is 1. The van der Waals surface area contributed by atoms with Gasteiger partial charge in [-0.1, -0.05) is 37.2 Å². The van der Waals surface area contributed by atoms with Crippen molar-refractivity contribution >= 4 is 16.8 Å². The first kappa shape index (κ1) is 17.8. The van der Waals surface area contributed by atoms with E-state index in [9.17, 15) is 4.79 Å². The van der Waals surface area contributed by atoms with Crippen LogP contribution in [0.2, 0.25) is 0 Å². The number of nitrogens with one attached hydrogen (secondary N) is 1. The van der Waals surface area contributed by atoms with Crippen LogP contribution in [-0.2, 0) is 13.0 Å². The Kier molecular flexibility index (Phi) is 5.46. The van der Waals surface area contributed by atoms with Crippen LogP contribution in [0.5, 0.6) is 0 Å². The predicted octanol–water partition coefficient (Wildman–Crippen LogP) is 3.13. The Morgan fingerprint density at radius 1 is 1.31 bits per heavy atom. The summed E-state index contributed by atoms with van der Waals surface area (Å²) >= 11 is 0. The van der Waals surface area contributed by atoms with E-state index < -0.39 is 0 Å². The molecule has 136 valence electrons. The molecule has 26 heavy (non-hydrogen) atoms. The maximum absolute atomic E-state index is 12.3. The first-order valence-electron chi connectivity index (χ1n) is 8.67. The number of hydrogen-bond acceptors (Lipinski definition) is 5. The Morgan fingerprint density at radius 2 is 2.15 bits per heavy atom. The van der Waals surface area contributed by atoms with Crippen molar-refractivity contribution in [2.45, 2.75) is 32.7 Å². The summed E-state index contributed by atoms with van der Waals surface area (Å²) in [6.07, 6.45) is 4.13. The summed E-state index contributed by atoms with van der Waals surface area (Å²) in [6, 6.07) is 7.86. The minimum absolute atomic E-state index is 0.136. The minimum atomic E-state index is -0.136. The number of aromatic nitrogens is 3. The number of benzene rings is 1. The zero-order valence-electron chi connectivity index (χ0n) is 15.3. The van der Waals surface area contributed by atoms with Crippen LogP contribution in [0.4, 0.5) is 4.79 Å². The molecule has 0 saturated heterocycles. The number of hydrogen-bond donors (Lipinski definition) is 1. The second-order valence-corrected chi connectivity index (χ2v) is 6.56. The SMILES string of the molecule is CC(C)c1nc(CCNC(=O)N(C)Cc2cccc3cnccc23)no1. The van der Waals surface area contributed by atoms with Gasteiger partial charge in [0.2, 0.25) is 5.89 Å². The zero-order valence-corrected chi connectivity index (χ0v) is 15.3. The summed E-state index contributed by atoms with van der Waals surface area (Å²) in [5.74, 6) is 1.43. The molecule has 1 N–H and O–H groups in total. The van der Waals surface area contributed by atoms with E-state index in [0.717, 1.165) is 16.3 Å². The van der Waals surface area contributed by atoms with Gasteiger partial charge in [0.25, 0.3) is 0 Å². The molecule has 0 aliphatic carbocycles. The Bertz CT molecular complexity index is 885. The summed E-state index contributed by atoms with van der Waals surface area (Å²) in [7, 11) is 1.78. The van der Waals surface area contributed by atoms with Crippen LogP contribution in [0.3, 0.4) is 0 Å². The van der Waals surface area contributed by atoms with Gasteiger partial charge in [-0.05, 0) is 17.0 Å². The van der Waals surface area contributed by atoms with Crippen LogP contribution in [0.1, 0.15) is 37.0 Å². The molecule has 0 atom stereocenters. The van der Waals surface area contributed by atoms with Gasteiger partial charge >= 0.3 is 6.03 Å². The van der Waals surface area contributed by atoms with Crippen molar-refractivity contribution < 1.29 is 9.32 Å². The van der Waals surface area contributed by atoms with Crippen molar-refractivity contribution in [2.24, 2.45) is 0 Å². The van der Waals surface area contributed by atoms with Crippen LogP contribution in [0.25, 0.3) is 10.8 Å². The molecule has 0 spiro atoms. The van der Waals surface area contributed by atoms with E-state index in [0.29, 0.717) is 31.2 Å². The van der Waals surface area contributed by atoms with Crippen molar-refractivity contribution in [3.63, 3.8) is 0 Å². The molecule has 0 fully saturated rings. The van der Waals surface area contributed by atoms with E-state index in [1.54, 1.807) is 18.1 Å².